The Morgan fingerprint density at radius 3 is 2.79 bits per heavy atom. The third kappa shape index (κ3) is 4.35. The third-order valence-electron chi connectivity index (χ3n) is 3.68. The van der Waals surface area contributed by atoms with Crippen molar-refractivity contribution in [3.63, 3.8) is 0 Å². The van der Waals surface area contributed by atoms with E-state index in [1.165, 1.54) is 19.3 Å². The Bertz CT molecular complexity index is 396. The van der Waals surface area contributed by atoms with E-state index in [2.05, 4.69) is 14.9 Å². The quantitative estimate of drug-likeness (QED) is 0.785. The molecule has 1 aliphatic rings. The fourth-order valence-corrected chi connectivity index (χ4v) is 2.46. The summed E-state index contributed by atoms with van der Waals surface area (Å²) in [6, 6.07) is 0. The highest BCUT2D eigenvalue weighted by atomic mass is 16.2. The molecule has 2 rings (SSSR count). The summed E-state index contributed by atoms with van der Waals surface area (Å²) in [7, 11) is 0. The minimum absolute atomic E-state index is 0.297. The lowest BCUT2D eigenvalue weighted by molar-refractivity contribution is -0.131. The van der Waals surface area contributed by atoms with Crippen LogP contribution in [0.15, 0.2) is 12.4 Å². The van der Waals surface area contributed by atoms with Crippen LogP contribution in [0.1, 0.15) is 31.5 Å². The van der Waals surface area contributed by atoms with Crippen LogP contribution in [-0.2, 0) is 11.3 Å². The number of aryl methyl sites for hydroxylation is 1. The van der Waals surface area contributed by atoms with Crippen LogP contribution in [0.3, 0.4) is 0 Å². The average molecular weight is 264 g/mol. The van der Waals surface area contributed by atoms with Crippen molar-refractivity contribution in [1.29, 1.82) is 0 Å². The Balaban J connectivity index is 1.56. The molecule has 0 aliphatic carbocycles. The topological polar surface area (TPSA) is 50.2 Å². The first-order valence-electron chi connectivity index (χ1n) is 7.23. The van der Waals surface area contributed by atoms with Crippen molar-refractivity contribution in [3.8, 4) is 0 Å². The summed E-state index contributed by atoms with van der Waals surface area (Å²) in [6.45, 7) is 6.46. The first-order valence-corrected chi connectivity index (χ1v) is 7.23. The van der Waals surface area contributed by atoms with E-state index in [0.29, 0.717) is 12.3 Å². The number of nitrogens with zero attached hydrogens (tertiary/aromatic N) is 3. The van der Waals surface area contributed by atoms with Gasteiger partial charge in [0.15, 0.2) is 0 Å². The smallest absolute Gasteiger partial charge is 0.223 e. The van der Waals surface area contributed by atoms with Gasteiger partial charge in [-0.2, -0.15) is 0 Å². The number of likely N-dealkylation sites (tertiary alicyclic amines) is 1. The highest BCUT2D eigenvalue weighted by molar-refractivity contribution is 5.76. The van der Waals surface area contributed by atoms with Gasteiger partial charge >= 0.3 is 0 Å². The molecule has 0 saturated carbocycles. The largest absolute Gasteiger partial charge is 0.343 e. The molecule has 0 bridgehead atoms. The zero-order valence-electron chi connectivity index (χ0n) is 11.8. The van der Waals surface area contributed by atoms with Crippen LogP contribution in [0.5, 0.6) is 0 Å². The number of nitrogens with one attached hydrogen (secondary N) is 1. The summed E-state index contributed by atoms with van der Waals surface area (Å²) < 4.78 is 2.11. The van der Waals surface area contributed by atoms with Crippen LogP contribution in [-0.4, -0.2) is 46.5 Å². The molecule has 2 heterocycles. The zero-order chi connectivity index (χ0) is 13.5. The summed E-state index contributed by atoms with van der Waals surface area (Å²) >= 11 is 0. The predicted octanol–water partition coefficient (Wildman–Crippen LogP) is 1.18. The molecule has 5 heteroatoms. The molecular weight excluding hydrogens is 240 g/mol. The van der Waals surface area contributed by atoms with Gasteiger partial charge in [0.2, 0.25) is 5.91 Å². The van der Waals surface area contributed by atoms with Gasteiger partial charge in [0, 0.05) is 51.5 Å². The SMILES string of the molecule is Cc1nccn1CCNCCC(=O)N1CCCCC1. The highest BCUT2D eigenvalue weighted by Crippen LogP contribution is 2.09. The average Bonchev–Trinajstić information content (AvgIpc) is 2.85. The van der Waals surface area contributed by atoms with E-state index >= 15 is 0 Å². The van der Waals surface area contributed by atoms with Gasteiger partial charge in [-0.25, -0.2) is 4.98 Å². The van der Waals surface area contributed by atoms with Crippen LogP contribution in [0.25, 0.3) is 0 Å². The van der Waals surface area contributed by atoms with Gasteiger partial charge in [0.05, 0.1) is 0 Å². The second-order valence-electron chi connectivity index (χ2n) is 5.11. The molecule has 0 spiro atoms. The van der Waals surface area contributed by atoms with Gasteiger partial charge in [-0.1, -0.05) is 0 Å². The normalized spacial score (nSPS) is 15.7. The molecule has 1 fully saturated rings. The number of rotatable bonds is 6. The second kappa shape index (κ2) is 7.28. The highest BCUT2D eigenvalue weighted by Gasteiger charge is 2.15. The molecule has 1 N–H and O–H groups in total. The third-order valence-corrected chi connectivity index (χ3v) is 3.68. The first kappa shape index (κ1) is 14.1. The maximum atomic E-state index is 11.9. The molecule has 1 aromatic heterocycles. The number of hydrogen-bond donors (Lipinski definition) is 1. The lowest BCUT2D eigenvalue weighted by Crippen LogP contribution is -2.37. The van der Waals surface area contributed by atoms with E-state index in [9.17, 15) is 4.79 Å². The summed E-state index contributed by atoms with van der Waals surface area (Å²) in [5.74, 6) is 1.33. The Labute approximate surface area is 115 Å². The Hall–Kier alpha value is -1.36. The standard InChI is InChI=1S/C14H24N4O/c1-13-16-8-12-17(13)11-7-15-6-5-14(19)18-9-3-2-4-10-18/h8,12,15H,2-7,9-11H2,1H3. The molecule has 1 amide bonds. The number of piperidine rings is 1. The van der Waals surface area contributed by atoms with Crippen molar-refractivity contribution < 1.29 is 4.79 Å². The van der Waals surface area contributed by atoms with E-state index in [1.54, 1.807) is 0 Å². The minimum atomic E-state index is 0.297. The van der Waals surface area contributed by atoms with E-state index in [4.69, 9.17) is 0 Å². The van der Waals surface area contributed by atoms with Crippen molar-refractivity contribution in [2.75, 3.05) is 26.2 Å². The lowest BCUT2D eigenvalue weighted by atomic mass is 10.1. The van der Waals surface area contributed by atoms with Gasteiger partial charge in [-0.15, -0.1) is 0 Å². The lowest BCUT2D eigenvalue weighted by Gasteiger charge is -2.26. The van der Waals surface area contributed by atoms with E-state index in [0.717, 1.165) is 38.5 Å². The maximum absolute atomic E-state index is 11.9. The van der Waals surface area contributed by atoms with Crippen LogP contribution in [0.2, 0.25) is 0 Å². The molecule has 0 atom stereocenters. The predicted molar refractivity (Wildman–Crippen MR) is 74.9 cm³/mol. The van der Waals surface area contributed by atoms with Crippen molar-refractivity contribution >= 4 is 5.91 Å². The maximum Gasteiger partial charge on any atom is 0.223 e. The number of hydrogen-bond acceptors (Lipinski definition) is 3. The summed E-state index contributed by atoms with van der Waals surface area (Å²) in [5, 5.41) is 3.32. The van der Waals surface area contributed by atoms with Gasteiger partial charge < -0.3 is 14.8 Å². The van der Waals surface area contributed by atoms with Gasteiger partial charge in [0.25, 0.3) is 0 Å². The minimum Gasteiger partial charge on any atom is -0.343 e. The number of amides is 1. The molecule has 5 nitrogen and oxygen atoms in total. The van der Waals surface area contributed by atoms with Crippen molar-refractivity contribution in [2.24, 2.45) is 0 Å². The van der Waals surface area contributed by atoms with Crippen molar-refractivity contribution in [1.82, 2.24) is 19.8 Å². The number of carbonyl (C=O) groups is 1. The Morgan fingerprint density at radius 1 is 1.32 bits per heavy atom. The summed E-state index contributed by atoms with van der Waals surface area (Å²) in [5.41, 5.74) is 0. The van der Waals surface area contributed by atoms with E-state index in [-0.39, 0.29) is 0 Å². The summed E-state index contributed by atoms with van der Waals surface area (Å²) in [4.78, 5) is 18.1. The molecule has 0 unspecified atom stereocenters. The van der Waals surface area contributed by atoms with Crippen molar-refractivity contribution in [3.05, 3.63) is 18.2 Å². The van der Waals surface area contributed by atoms with Crippen LogP contribution in [0, 0.1) is 6.92 Å². The van der Waals surface area contributed by atoms with Crippen molar-refractivity contribution in [2.45, 2.75) is 39.2 Å². The van der Waals surface area contributed by atoms with E-state index in [1.807, 2.05) is 24.2 Å². The molecule has 1 aromatic rings. The molecule has 1 aliphatic heterocycles. The fraction of sp³-hybridized carbons (Fsp3) is 0.714. The van der Waals surface area contributed by atoms with Crippen LogP contribution >= 0.6 is 0 Å². The molecule has 0 radical (unpaired) electrons. The van der Waals surface area contributed by atoms with Gasteiger partial charge in [-0.05, 0) is 26.2 Å². The molecule has 19 heavy (non-hydrogen) atoms. The van der Waals surface area contributed by atoms with Crippen LogP contribution < -0.4 is 5.32 Å². The van der Waals surface area contributed by atoms with Gasteiger partial charge in [-0.3, -0.25) is 4.79 Å². The fourth-order valence-electron chi connectivity index (χ4n) is 2.46. The number of aromatic nitrogens is 2. The molecule has 0 aromatic carbocycles. The summed E-state index contributed by atoms with van der Waals surface area (Å²) in [6.07, 6.45) is 8.01. The van der Waals surface area contributed by atoms with Gasteiger partial charge in [0.1, 0.15) is 5.82 Å². The molecule has 106 valence electrons. The Kier molecular flexibility index (Phi) is 5.39. The second-order valence-corrected chi connectivity index (χ2v) is 5.11. The first-order chi connectivity index (χ1) is 9.27. The number of carbonyl (C=O) groups excluding carboxylic acids is 1. The van der Waals surface area contributed by atoms with E-state index < -0.39 is 0 Å². The number of imidazole rings is 1. The van der Waals surface area contributed by atoms with Crippen LogP contribution in [0.4, 0.5) is 0 Å². The Morgan fingerprint density at radius 2 is 2.11 bits per heavy atom. The molecular formula is C14H24N4O. The monoisotopic (exact) mass is 264 g/mol. The molecule has 1 saturated heterocycles. The zero-order valence-corrected chi connectivity index (χ0v) is 11.8.